The van der Waals surface area contributed by atoms with Crippen molar-refractivity contribution in [3.63, 3.8) is 0 Å². The van der Waals surface area contributed by atoms with Crippen LogP contribution in [0.5, 0.6) is 0 Å². The zero-order valence-electron chi connectivity index (χ0n) is 30.5. The molecule has 9 atom stereocenters. The fourth-order valence-corrected chi connectivity index (χ4v) is 10.1. The number of hydrogen-bond acceptors (Lipinski definition) is 14. The fourth-order valence-electron chi connectivity index (χ4n) is 8.92. The highest BCUT2D eigenvalue weighted by molar-refractivity contribution is 7.86. The van der Waals surface area contributed by atoms with Crippen LogP contribution in [-0.4, -0.2) is 97.9 Å². The Balaban J connectivity index is 1.67. The van der Waals surface area contributed by atoms with Crippen molar-refractivity contribution in [2.45, 2.75) is 101 Å². The monoisotopic (exact) mass is 756 g/mol. The molecule has 6 rings (SSSR count). The summed E-state index contributed by atoms with van der Waals surface area (Å²) in [5.74, 6) is -4.29. The van der Waals surface area contributed by atoms with Gasteiger partial charge in [-0.1, -0.05) is 49.7 Å². The summed E-state index contributed by atoms with van der Waals surface area (Å²) in [7, 11) is -3.61. The molecule has 2 aromatic carbocycles. The number of carbonyl (C=O) groups excluding carboxylic acids is 4. The highest BCUT2D eigenvalue weighted by Crippen LogP contribution is 2.65. The lowest BCUT2D eigenvalue weighted by Crippen LogP contribution is -2.82. The molecule has 2 N–H and O–H groups in total. The van der Waals surface area contributed by atoms with E-state index in [-0.39, 0.29) is 34.6 Å². The molecule has 286 valence electrons. The molecule has 0 spiro atoms. The molecule has 2 bridgehead atoms. The number of esters is 2. The van der Waals surface area contributed by atoms with Crippen LogP contribution in [0.3, 0.4) is 0 Å². The van der Waals surface area contributed by atoms with Crippen molar-refractivity contribution < 1.29 is 65.7 Å². The number of aliphatic hydroxyl groups is 2. The number of aryl methyl sites for hydroxylation is 1. The predicted molar refractivity (Wildman–Crippen MR) is 184 cm³/mol. The smallest absolute Gasteiger partial charge is 0.455 e. The minimum atomic E-state index is -4.64. The molecular weight excluding hydrogens is 712 g/mol. The minimum absolute atomic E-state index is 0.0109. The van der Waals surface area contributed by atoms with Crippen molar-refractivity contribution in [1.82, 2.24) is 0 Å². The van der Waals surface area contributed by atoms with E-state index in [2.05, 4.69) is 0 Å². The van der Waals surface area contributed by atoms with E-state index in [0.717, 1.165) is 19.6 Å². The van der Waals surface area contributed by atoms with Gasteiger partial charge in [-0.15, -0.1) is 0 Å². The highest BCUT2D eigenvalue weighted by Gasteiger charge is 2.79. The molecule has 1 heterocycles. The first kappa shape index (κ1) is 38.6. The molecule has 0 aromatic heterocycles. The molecule has 1 unspecified atom stereocenters. The first-order valence-corrected chi connectivity index (χ1v) is 18.6. The Morgan fingerprint density at radius 2 is 1.60 bits per heavy atom. The first-order chi connectivity index (χ1) is 24.7. The number of aliphatic hydroxyl groups excluding tert-OH is 1. The summed E-state index contributed by atoms with van der Waals surface area (Å²) in [5, 5.41) is 24.8. The second-order valence-corrected chi connectivity index (χ2v) is 16.6. The number of methoxy groups -OCH3 is 1. The van der Waals surface area contributed by atoms with Gasteiger partial charge in [0, 0.05) is 25.2 Å². The van der Waals surface area contributed by atoms with Gasteiger partial charge in [0.1, 0.15) is 17.8 Å². The van der Waals surface area contributed by atoms with Crippen LogP contribution in [0.4, 0.5) is 4.79 Å². The molecule has 1 saturated heterocycles. The zero-order valence-corrected chi connectivity index (χ0v) is 31.3. The SMILES string of the molecule is COC(=O)O[C@H]1C(=O)[C@]2(C)C(OS(=O)(=O)c3ccc(C)cc3)C[C@H]3OC[C@@]3(OC(C)=O)[C@H]2[C@H](OC(=O)c2ccccc2)[C@]2(O)C[C@H](O)C(C)=C1C2(C)C. The van der Waals surface area contributed by atoms with Gasteiger partial charge >= 0.3 is 18.1 Å². The van der Waals surface area contributed by atoms with E-state index < -0.39 is 98.9 Å². The van der Waals surface area contributed by atoms with Gasteiger partial charge in [-0.2, -0.15) is 8.42 Å². The molecule has 15 heteroatoms. The summed E-state index contributed by atoms with van der Waals surface area (Å²) >= 11 is 0. The molecule has 3 fully saturated rings. The van der Waals surface area contributed by atoms with Crippen LogP contribution < -0.4 is 0 Å². The molecule has 1 aliphatic heterocycles. The molecule has 3 aliphatic carbocycles. The number of fused-ring (bicyclic) bond motifs is 5. The van der Waals surface area contributed by atoms with E-state index in [0.29, 0.717) is 0 Å². The van der Waals surface area contributed by atoms with Crippen LogP contribution in [0.1, 0.15) is 63.4 Å². The number of hydrogen-bond donors (Lipinski definition) is 2. The number of Topliss-reactive ketones (excluding diaryl/α,β-unsaturated/α-hetero) is 1. The van der Waals surface area contributed by atoms with Crippen LogP contribution >= 0.6 is 0 Å². The lowest BCUT2D eigenvalue weighted by molar-refractivity contribution is -0.343. The van der Waals surface area contributed by atoms with Crippen molar-refractivity contribution in [2.24, 2.45) is 16.7 Å². The lowest BCUT2D eigenvalue weighted by Gasteiger charge is -2.67. The summed E-state index contributed by atoms with van der Waals surface area (Å²) in [6.45, 7) is 8.54. The predicted octanol–water partition coefficient (Wildman–Crippen LogP) is 3.59. The minimum Gasteiger partial charge on any atom is -0.455 e. The fraction of sp³-hybridized carbons (Fsp3) is 0.526. The normalized spacial score (nSPS) is 34.6. The number of ether oxygens (including phenoxy) is 5. The molecule has 2 aromatic rings. The molecule has 4 aliphatic rings. The molecule has 0 amide bonds. The van der Waals surface area contributed by atoms with Crippen molar-refractivity contribution in [3.05, 3.63) is 76.9 Å². The second-order valence-electron chi connectivity index (χ2n) is 15.1. The molecule has 14 nitrogen and oxygen atoms in total. The summed E-state index contributed by atoms with van der Waals surface area (Å²) in [6.07, 6.45) is -9.98. The molecule has 0 radical (unpaired) electrons. The third kappa shape index (κ3) is 5.97. The van der Waals surface area contributed by atoms with E-state index in [9.17, 15) is 33.0 Å². The maximum atomic E-state index is 15.6. The number of rotatable bonds is 7. The van der Waals surface area contributed by atoms with Gasteiger partial charge in [-0.25, -0.2) is 9.59 Å². The number of ketones is 1. The molecule has 2 saturated carbocycles. The van der Waals surface area contributed by atoms with Gasteiger partial charge in [0.15, 0.2) is 17.5 Å². The standard InChI is InChI=1S/C38H44O14S/c1-20-13-15-24(16-14-20)53(45,46)52-26-17-27-37(19-48-27,51-22(3)39)30-32(50-33(42)23-11-9-8-10-12-23)38(44)18-25(40)21(2)28(35(38,4)5)29(49-34(43)47-7)31(41)36(26,30)6/h8-16,25-27,29-30,32,40,44H,17-19H2,1-7H3/t25-,26?,27+,29+,30-,32-,36+,37-,38+/m0/s1. The Labute approximate surface area is 307 Å². The zero-order chi connectivity index (χ0) is 38.9. The Morgan fingerprint density at radius 1 is 0.962 bits per heavy atom. The molecular formula is C38H44O14S. The number of benzene rings is 2. The van der Waals surface area contributed by atoms with E-state index >= 15 is 4.79 Å². The first-order valence-electron chi connectivity index (χ1n) is 17.2. The van der Waals surface area contributed by atoms with Gasteiger partial charge in [0.2, 0.25) is 0 Å². The average molecular weight is 757 g/mol. The summed E-state index contributed by atoms with van der Waals surface area (Å²) in [5.41, 5.74) is -6.91. The van der Waals surface area contributed by atoms with Gasteiger partial charge in [-0.3, -0.25) is 13.8 Å². The molecule has 53 heavy (non-hydrogen) atoms. The van der Waals surface area contributed by atoms with Crippen molar-refractivity contribution in [3.8, 4) is 0 Å². The third-order valence-electron chi connectivity index (χ3n) is 11.8. The summed E-state index contributed by atoms with van der Waals surface area (Å²) in [4.78, 5) is 55.4. The van der Waals surface area contributed by atoms with Crippen LogP contribution in [0.25, 0.3) is 0 Å². The van der Waals surface area contributed by atoms with Crippen molar-refractivity contribution >= 4 is 34.0 Å². The van der Waals surface area contributed by atoms with Crippen LogP contribution in [0, 0.1) is 23.7 Å². The van der Waals surface area contributed by atoms with Crippen LogP contribution in [-0.2, 0) is 47.6 Å². The maximum absolute atomic E-state index is 15.6. The average Bonchev–Trinajstić information content (AvgIpc) is 3.09. The lowest BCUT2D eigenvalue weighted by atomic mass is 9.44. The van der Waals surface area contributed by atoms with Crippen molar-refractivity contribution in [1.29, 1.82) is 0 Å². The van der Waals surface area contributed by atoms with Gasteiger partial charge in [0.05, 0.1) is 47.7 Å². The van der Waals surface area contributed by atoms with Gasteiger partial charge in [-0.05, 0) is 56.2 Å². The van der Waals surface area contributed by atoms with E-state index in [4.69, 9.17) is 27.9 Å². The van der Waals surface area contributed by atoms with Crippen LogP contribution in [0.15, 0.2) is 70.6 Å². The van der Waals surface area contributed by atoms with Crippen LogP contribution in [0.2, 0.25) is 0 Å². The topological polar surface area (TPSA) is 198 Å². The summed E-state index contributed by atoms with van der Waals surface area (Å²) < 4.78 is 62.8. The quantitative estimate of drug-likeness (QED) is 0.180. The van der Waals surface area contributed by atoms with Crippen molar-refractivity contribution in [2.75, 3.05) is 13.7 Å². The van der Waals surface area contributed by atoms with E-state index in [1.54, 1.807) is 51.1 Å². The Hall–Kier alpha value is -4.15. The van der Waals surface area contributed by atoms with E-state index in [1.165, 1.54) is 38.1 Å². The van der Waals surface area contributed by atoms with Gasteiger partial charge in [0.25, 0.3) is 10.1 Å². The Morgan fingerprint density at radius 3 is 2.17 bits per heavy atom. The number of carbonyl (C=O) groups is 4. The second kappa shape index (κ2) is 13.3. The Kier molecular flexibility index (Phi) is 9.68. The van der Waals surface area contributed by atoms with E-state index in [1.807, 2.05) is 0 Å². The third-order valence-corrected chi connectivity index (χ3v) is 13.2. The highest BCUT2D eigenvalue weighted by atomic mass is 32.2. The van der Waals surface area contributed by atoms with Gasteiger partial charge < -0.3 is 33.9 Å². The summed E-state index contributed by atoms with van der Waals surface area (Å²) in [6, 6.07) is 13.7. The Bertz CT molecular complexity index is 1960. The largest absolute Gasteiger partial charge is 0.509 e. The maximum Gasteiger partial charge on any atom is 0.509 e.